The van der Waals surface area contributed by atoms with Gasteiger partial charge in [-0.3, -0.25) is 9.59 Å². The summed E-state index contributed by atoms with van der Waals surface area (Å²) in [5.74, 6) is -0.0319. The summed E-state index contributed by atoms with van der Waals surface area (Å²) >= 11 is 1.45. The maximum absolute atomic E-state index is 12.5. The first-order chi connectivity index (χ1) is 12.7. The SMILES string of the molecule is O=C1Nc2ccccc2CC[C@@H]1SCC(=O)N1CCC2(CC1)OCCO2. The van der Waals surface area contributed by atoms with Crippen molar-refractivity contribution in [2.45, 2.75) is 36.7 Å². The van der Waals surface area contributed by atoms with E-state index in [9.17, 15) is 9.59 Å². The van der Waals surface area contributed by atoms with Crippen LogP contribution in [0, 0.1) is 0 Å². The molecule has 0 aliphatic carbocycles. The fourth-order valence-electron chi connectivity index (χ4n) is 3.80. The van der Waals surface area contributed by atoms with Gasteiger partial charge in [-0.1, -0.05) is 18.2 Å². The van der Waals surface area contributed by atoms with Gasteiger partial charge in [0.25, 0.3) is 0 Å². The summed E-state index contributed by atoms with van der Waals surface area (Å²) in [4.78, 5) is 26.9. The Labute approximate surface area is 157 Å². The minimum absolute atomic E-state index is 0.00176. The molecule has 6 nitrogen and oxygen atoms in total. The first-order valence-electron chi connectivity index (χ1n) is 9.21. The van der Waals surface area contributed by atoms with Gasteiger partial charge in [0, 0.05) is 31.6 Å². The summed E-state index contributed by atoms with van der Waals surface area (Å²) in [5.41, 5.74) is 2.05. The molecule has 26 heavy (non-hydrogen) atoms. The number of piperidine rings is 1. The number of para-hydroxylation sites is 1. The van der Waals surface area contributed by atoms with Crippen molar-refractivity contribution in [1.82, 2.24) is 4.90 Å². The van der Waals surface area contributed by atoms with Gasteiger partial charge in [0.1, 0.15) is 0 Å². The van der Waals surface area contributed by atoms with Gasteiger partial charge in [-0.15, -0.1) is 11.8 Å². The third-order valence-electron chi connectivity index (χ3n) is 5.34. The highest BCUT2D eigenvalue weighted by atomic mass is 32.2. The Bertz CT molecular complexity index is 680. The third kappa shape index (κ3) is 3.75. The van der Waals surface area contributed by atoms with Gasteiger partial charge < -0.3 is 19.7 Å². The Kier molecular flexibility index (Phi) is 5.20. The molecule has 0 aromatic heterocycles. The van der Waals surface area contributed by atoms with Crippen LogP contribution in [0.15, 0.2) is 24.3 Å². The van der Waals surface area contributed by atoms with Gasteiger partial charge >= 0.3 is 0 Å². The van der Waals surface area contributed by atoms with Crippen LogP contribution < -0.4 is 5.32 Å². The molecule has 3 heterocycles. The van der Waals surface area contributed by atoms with Gasteiger partial charge in [-0.05, 0) is 24.5 Å². The number of anilines is 1. The predicted octanol–water partition coefficient (Wildman–Crippen LogP) is 2.04. The molecule has 2 fully saturated rings. The number of aryl methyl sites for hydroxylation is 1. The molecule has 1 aromatic rings. The molecule has 1 aromatic carbocycles. The predicted molar refractivity (Wildman–Crippen MR) is 100 cm³/mol. The summed E-state index contributed by atoms with van der Waals surface area (Å²) in [7, 11) is 0. The molecule has 0 bridgehead atoms. The van der Waals surface area contributed by atoms with Gasteiger partial charge in [0.05, 0.1) is 24.2 Å². The van der Waals surface area contributed by atoms with E-state index in [1.807, 2.05) is 29.2 Å². The number of hydrogen-bond donors (Lipinski definition) is 1. The fraction of sp³-hybridized carbons (Fsp3) is 0.579. The van der Waals surface area contributed by atoms with Crippen molar-refractivity contribution in [3.05, 3.63) is 29.8 Å². The summed E-state index contributed by atoms with van der Waals surface area (Å²) in [6.45, 7) is 2.59. The Morgan fingerprint density at radius 2 is 1.96 bits per heavy atom. The summed E-state index contributed by atoms with van der Waals surface area (Å²) in [6, 6.07) is 7.90. The molecule has 4 rings (SSSR count). The number of carbonyl (C=O) groups is 2. The van der Waals surface area contributed by atoms with Crippen molar-refractivity contribution in [1.29, 1.82) is 0 Å². The van der Waals surface area contributed by atoms with Crippen LogP contribution in [0.4, 0.5) is 5.69 Å². The lowest BCUT2D eigenvalue weighted by Gasteiger charge is -2.37. The first kappa shape index (κ1) is 17.8. The normalized spacial score (nSPS) is 24.8. The third-order valence-corrected chi connectivity index (χ3v) is 6.61. The molecular formula is C19H24N2O4S. The standard InChI is InChI=1S/C19H24N2O4S/c22-17(21-9-7-19(8-10-21)24-11-12-25-19)13-26-16-6-5-14-3-1-2-4-15(14)20-18(16)23/h1-4,16H,5-13H2,(H,20,23)/t16-/m0/s1. The number of fused-ring (bicyclic) bond motifs is 1. The zero-order valence-electron chi connectivity index (χ0n) is 14.7. The number of ether oxygens (including phenoxy) is 2. The summed E-state index contributed by atoms with van der Waals surface area (Å²) in [6.07, 6.45) is 3.05. The number of rotatable bonds is 3. The van der Waals surface area contributed by atoms with Crippen LogP contribution in [-0.2, 0) is 25.5 Å². The molecule has 0 saturated carbocycles. The molecule has 1 atom stereocenters. The molecule has 1 spiro atoms. The second kappa shape index (κ2) is 7.58. The summed E-state index contributed by atoms with van der Waals surface area (Å²) < 4.78 is 11.4. The molecular weight excluding hydrogens is 352 g/mol. The van der Waals surface area contributed by atoms with Crippen molar-refractivity contribution in [3.8, 4) is 0 Å². The average molecular weight is 376 g/mol. The largest absolute Gasteiger partial charge is 0.347 e. The lowest BCUT2D eigenvalue weighted by molar-refractivity contribution is -0.186. The number of thioether (sulfide) groups is 1. The van der Waals surface area contributed by atoms with E-state index in [-0.39, 0.29) is 17.1 Å². The number of nitrogens with zero attached hydrogens (tertiary/aromatic N) is 1. The molecule has 3 aliphatic heterocycles. The molecule has 2 saturated heterocycles. The van der Waals surface area contributed by atoms with Gasteiger partial charge in [0.15, 0.2) is 5.79 Å². The maximum atomic E-state index is 12.5. The molecule has 2 amide bonds. The van der Waals surface area contributed by atoms with Crippen molar-refractivity contribution in [3.63, 3.8) is 0 Å². The molecule has 140 valence electrons. The van der Waals surface area contributed by atoms with E-state index in [1.54, 1.807) is 0 Å². The van der Waals surface area contributed by atoms with E-state index in [1.165, 1.54) is 11.8 Å². The van der Waals surface area contributed by atoms with Gasteiger partial charge in [-0.2, -0.15) is 0 Å². The molecule has 0 unspecified atom stereocenters. The Morgan fingerprint density at radius 3 is 2.73 bits per heavy atom. The topological polar surface area (TPSA) is 67.9 Å². The fourth-order valence-corrected chi connectivity index (χ4v) is 4.82. The lowest BCUT2D eigenvalue weighted by atomic mass is 10.0. The highest BCUT2D eigenvalue weighted by Crippen LogP contribution is 2.32. The molecule has 0 radical (unpaired) electrons. The second-order valence-corrected chi connectivity index (χ2v) is 8.16. The Morgan fingerprint density at radius 1 is 1.23 bits per heavy atom. The Hall–Kier alpha value is -1.57. The number of likely N-dealkylation sites (tertiary alicyclic amines) is 1. The minimum atomic E-state index is -0.461. The van der Waals surface area contributed by atoms with Crippen molar-refractivity contribution >= 4 is 29.3 Å². The van der Waals surface area contributed by atoms with E-state index >= 15 is 0 Å². The van der Waals surface area contributed by atoms with Crippen molar-refractivity contribution < 1.29 is 19.1 Å². The van der Waals surface area contributed by atoms with Gasteiger partial charge in [-0.25, -0.2) is 0 Å². The van der Waals surface area contributed by atoms with Crippen LogP contribution in [0.3, 0.4) is 0 Å². The van der Waals surface area contributed by atoms with Crippen LogP contribution in [0.1, 0.15) is 24.8 Å². The van der Waals surface area contributed by atoms with Crippen LogP contribution in [0.5, 0.6) is 0 Å². The quantitative estimate of drug-likeness (QED) is 0.874. The number of nitrogens with one attached hydrogen (secondary N) is 1. The zero-order chi connectivity index (χ0) is 18.0. The second-order valence-electron chi connectivity index (χ2n) is 6.97. The van der Waals surface area contributed by atoms with Crippen LogP contribution in [0.2, 0.25) is 0 Å². The first-order valence-corrected chi connectivity index (χ1v) is 10.3. The maximum Gasteiger partial charge on any atom is 0.237 e. The lowest BCUT2D eigenvalue weighted by Crippen LogP contribution is -2.48. The Balaban J connectivity index is 1.28. The minimum Gasteiger partial charge on any atom is -0.347 e. The summed E-state index contributed by atoms with van der Waals surface area (Å²) in [5, 5.41) is 2.80. The van der Waals surface area contributed by atoms with Crippen LogP contribution in [0.25, 0.3) is 0 Å². The molecule has 1 N–H and O–H groups in total. The number of amides is 2. The smallest absolute Gasteiger partial charge is 0.237 e. The van der Waals surface area contributed by atoms with E-state index < -0.39 is 5.79 Å². The molecule has 3 aliphatic rings. The monoisotopic (exact) mass is 376 g/mol. The average Bonchev–Trinajstić information content (AvgIpc) is 3.04. The number of hydrogen-bond acceptors (Lipinski definition) is 5. The zero-order valence-corrected chi connectivity index (χ0v) is 15.6. The van der Waals surface area contributed by atoms with E-state index in [4.69, 9.17) is 9.47 Å². The van der Waals surface area contributed by atoms with Crippen LogP contribution in [-0.4, -0.2) is 59.8 Å². The van der Waals surface area contributed by atoms with E-state index in [2.05, 4.69) is 5.32 Å². The van der Waals surface area contributed by atoms with E-state index in [0.717, 1.165) is 36.9 Å². The highest BCUT2D eigenvalue weighted by molar-refractivity contribution is 8.01. The van der Waals surface area contributed by atoms with Crippen molar-refractivity contribution in [2.75, 3.05) is 37.4 Å². The van der Waals surface area contributed by atoms with Gasteiger partial charge in [0.2, 0.25) is 11.8 Å². The number of benzene rings is 1. The van der Waals surface area contributed by atoms with Crippen LogP contribution >= 0.6 is 11.8 Å². The molecule has 7 heteroatoms. The van der Waals surface area contributed by atoms with Crippen molar-refractivity contribution in [2.24, 2.45) is 0 Å². The highest BCUT2D eigenvalue weighted by Gasteiger charge is 2.40. The number of carbonyl (C=O) groups excluding carboxylic acids is 2. The van der Waals surface area contributed by atoms with E-state index in [0.29, 0.717) is 32.1 Å².